The number of pyridine rings is 3. The molecule has 0 saturated carbocycles. The number of alkyl halides is 4. The molecule has 3 saturated heterocycles. The highest BCUT2D eigenvalue weighted by Crippen LogP contribution is 2.42. The molecule has 22 nitrogen and oxygen atoms in total. The standard InChI is InChI=1S/2C22H27F2N5O3S.C21H27N5O/c1-4-15-9-16(22(12-32-13-22)7-8-27-33(30,31)21(23)24)5-6-18(15)29(3)20-10-19-17(11-25-20)26-14-28(19)2;1-4-15-9-16(22(7-8-25-12-22)13-32-33(30,31)21(23)24)5-6-18(15)29(3)20-10-19-17(11-26-20)27-14-28(19)2;1-4-15-9-16(21(7-8-22)12-27-13-21)5-6-18(15)26(3)20-10-19-17(11-23-20)24-14-25(19)2/h5-6,9-11,14,21,27H,4,7-8,12-13H2,1-3H3;5-6,9-11,14,21,25H,4,7-8,12-13H2,1-3H3;5-6,9-11,14H,4,7-8,12-13,22H2,1-3H3. The van der Waals surface area contributed by atoms with Gasteiger partial charge in [0.2, 0.25) is 0 Å². The number of nitrogens with two attached hydrogens (primary N) is 1. The van der Waals surface area contributed by atoms with E-state index in [0.29, 0.717) is 45.7 Å². The summed E-state index contributed by atoms with van der Waals surface area (Å²) in [6.45, 7) is 10.0. The lowest BCUT2D eigenvalue weighted by atomic mass is 9.75. The van der Waals surface area contributed by atoms with Crippen LogP contribution >= 0.6 is 0 Å². The maximum absolute atomic E-state index is 12.8. The molecule has 6 aromatic heterocycles. The summed E-state index contributed by atoms with van der Waals surface area (Å²) in [5, 5.41) is 3.21. The number of halogens is 4. The predicted molar refractivity (Wildman–Crippen MR) is 353 cm³/mol. The number of nitrogens with zero attached hydrogens (tertiary/aromatic N) is 12. The van der Waals surface area contributed by atoms with Crippen LogP contribution in [0.4, 0.5) is 52.1 Å². The molecule has 9 aromatic rings. The molecule has 0 spiro atoms. The molecule has 3 aliphatic rings. The third-order valence-electron chi connectivity index (χ3n) is 18.4. The molecule has 12 rings (SSSR count). The number of hydrogen-bond donors (Lipinski definition) is 3. The second kappa shape index (κ2) is 28.1. The van der Waals surface area contributed by atoms with Gasteiger partial charge in [-0.1, -0.05) is 57.2 Å². The number of sulfonamides is 1. The molecule has 0 amide bonds. The predicted octanol–water partition coefficient (Wildman–Crippen LogP) is 9.11. The van der Waals surface area contributed by atoms with E-state index in [9.17, 15) is 34.4 Å². The van der Waals surface area contributed by atoms with Crippen LogP contribution in [-0.2, 0) is 90.4 Å². The minimum atomic E-state index is -4.91. The second-order valence-corrected chi connectivity index (χ2v) is 27.5. The lowest BCUT2D eigenvalue weighted by Gasteiger charge is -2.42. The highest BCUT2D eigenvalue weighted by molar-refractivity contribution is 7.89. The Bertz CT molecular complexity index is 4340. The van der Waals surface area contributed by atoms with Gasteiger partial charge in [0.1, 0.15) is 34.0 Å². The fraction of sp³-hybridized carbons (Fsp3) is 0.446. The number of benzene rings is 3. The van der Waals surface area contributed by atoms with Gasteiger partial charge < -0.3 is 48.9 Å². The van der Waals surface area contributed by atoms with Gasteiger partial charge in [0.25, 0.3) is 10.0 Å². The van der Waals surface area contributed by atoms with Crippen LogP contribution in [0.25, 0.3) is 33.1 Å². The fourth-order valence-electron chi connectivity index (χ4n) is 12.4. The van der Waals surface area contributed by atoms with Crippen molar-refractivity contribution in [2.45, 2.75) is 87.1 Å². The molecular weight excluding hydrogens is 1240 g/mol. The molecule has 1 unspecified atom stereocenters. The molecule has 4 N–H and O–H groups in total. The van der Waals surface area contributed by atoms with Crippen molar-refractivity contribution < 1.29 is 48.1 Å². The average Bonchev–Trinajstić information content (AvgIpc) is 1.76. The first kappa shape index (κ1) is 68.2. The van der Waals surface area contributed by atoms with Gasteiger partial charge in [-0.25, -0.2) is 43.0 Å². The number of hydrogen-bond acceptors (Lipinski definition) is 18. The van der Waals surface area contributed by atoms with Crippen molar-refractivity contribution in [3.8, 4) is 0 Å². The first-order valence-corrected chi connectivity index (χ1v) is 33.8. The lowest BCUT2D eigenvalue weighted by molar-refractivity contribution is -0.0635. The number of anilines is 6. The van der Waals surface area contributed by atoms with Gasteiger partial charge in [0.15, 0.2) is 0 Å². The van der Waals surface area contributed by atoms with Crippen LogP contribution in [0, 0.1) is 0 Å². The Morgan fingerprint density at radius 1 is 0.581 bits per heavy atom. The van der Waals surface area contributed by atoms with Crippen molar-refractivity contribution in [3.63, 3.8) is 0 Å². The Balaban J connectivity index is 0.000000153. The fourth-order valence-corrected chi connectivity index (χ4v) is 13.4. The molecule has 3 aliphatic heterocycles. The number of aromatic nitrogens is 9. The molecule has 9 heterocycles. The van der Waals surface area contributed by atoms with Crippen LogP contribution in [0.3, 0.4) is 0 Å². The van der Waals surface area contributed by atoms with Gasteiger partial charge in [0.05, 0.1) is 87.2 Å². The summed E-state index contributed by atoms with van der Waals surface area (Å²) in [5.41, 5.74) is 20.2. The van der Waals surface area contributed by atoms with E-state index in [-0.39, 0.29) is 18.6 Å². The van der Waals surface area contributed by atoms with Gasteiger partial charge in [-0.2, -0.15) is 26.0 Å². The summed E-state index contributed by atoms with van der Waals surface area (Å²) in [7, 11) is 2.32. The Morgan fingerprint density at radius 3 is 1.29 bits per heavy atom. The minimum absolute atomic E-state index is 0.0756. The van der Waals surface area contributed by atoms with Crippen molar-refractivity contribution in [1.29, 1.82) is 0 Å². The van der Waals surface area contributed by atoms with E-state index in [1.807, 2.05) is 125 Å². The Hall–Kier alpha value is -7.70. The van der Waals surface area contributed by atoms with Crippen molar-refractivity contribution in [2.24, 2.45) is 26.9 Å². The van der Waals surface area contributed by atoms with E-state index in [2.05, 4.69) is 91.3 Å². The van der Waals surface area contributed by atoms with Crippen LogP contribution in [0.5, 0.6) is 0 Å². The number of imidazole rings is 3. The molecular formula is C65H81F4N15O7S2. The molecule has 93 heavy (non-hydrogen) atoms. The topological polar surface area (TPSA) is 248 Å². The Labute approximate surface area is 539 Å². The van der Waals surface area contributed by atoms with Gasteiger partial charge in [0, 0.05) is 107 Å². The van der Waals surface area contributed by atoms with E-state index >= 15 is 0 Å². The summed E-state index contributed by atoms with van der Waals surface area (Å²) in [6, 6.07) is 24.8. The zero-order valence-corrected chi connectivity index (χ0v) is 55.4. The van der Waals surface area contributed by atoms with Gasteiger partial charge in [-0.15, -0.1) is 0 Å². The molecule has 1 atom stereocenters. The van der Waals surface area contributed by atoms with Crippen molar-refractivity contribution >= 4 is 87.8 Å². The number of ether oxygens (including phenoxy) is 2. The Kier molecular flexibility index (Phi) is 20.6. The van der Waals surface area contributed by atoms with Crippen molar-refractivity contribution in [2.75, 3.05) is 95.1 Å². The average molecular weight is 1320 g/mol. The minimum Gasteiger partial charge on any atom is -0.379 e. The maximum Gasteiger partial charge on any atom is 0.361 e. The number of nitrogens with one attached hydrogen (secondary N) is 2. The van der Waals surface area contributed by atoms with E-state index < -0.39 is 42.5 Å². The van der Waals surface area contributed by atoms with Gasteiger partial charge in [-0.3, -0.25) is 4.18 Å². The summed E-state index contributed by atoms with van der Waals surface area (Å²) in [5.74, 6) is -4.53. The van der Waals surface area contributed by atoms with E-state index in [4.69, 9.17) is 19.4 Å². The highest BCUT2D eigenvalue weighted by atomic mass is 32.2. The maximum atomic E-state index is 12.8. The quantitative estimate of drug-likeness (QED) is 0.0399. The lowest BCUT2D eigenvalue weighted by Crippen LogP contribution is -2.49. The van der Waals surface area contributed by atoms with E-state index in [1.165, 1.54) is 16.8 Å². The largest absolute Gasteiger partial charge is 0.379 e. The first-order valence-electron chi connectivity index (χ1n) is 30.8. The highest BCUT2D eigenvalue weighted by Gasteiger charge is 2.43. The number of aryl methyl sites for hydroxylation is 6. The van der Waals surface area contributed by atoms with Crippen LogP contribution < -0.4 is 30.5 Å². The van der Waals surface area contributed by atoms with Crippen LogP contribution in [0.15, 0.2) is 110 Å². The smallest absolute Gasteiger partial charge is 0.361 e. The van der Waals surface area contributed by atoms with Crippen molar-refractivity contribution in [3.05, 3.63) is 144 Å². The summed E-state index contributed by atoms with van der Waals surface area (Å²) >= 11 is 0. The normalized spacial score (nSPS) is 16.9. The third-order valence-corrected chi connectivity index (χ3v) is 20.3. The van der Waals surface area contributed by atoms with E-state index in [1.54, 1.807) is 25.0 Å². The third kappa shape index (κ3) is 14.1. The van der Waals surface area contributed by atoms with Gasteiger partial charge in [-0.05, 0) is 103 Å². The zero-order chi connectivity index (χ0) is 66.6. The van der Waals surface area contributed by atoms with Crippen molar-refractivity contribution in [1.82, 2.24) is 53.6 Å². The molecule has 3 aromatic carbocycles. The first-order chi connectivity index (χ1) is 44.4. The molecule has 0 aliphatic carbocycles. The number of fused-ring (bicyclic) bond motifs is 3. The molecule has 28 heteroatoms. The molecule has 0 bridgehead atoms. The molecule has 3 fully saturated rings. The number of rotatable bonds is 23. The molecule has 0 radical (unpaired) electrons. The zero-order valence-electron chi connectivity index (χ0n) is 53.8. The van der Waals surface area contributed by atoms with Crippen LogP contribution in [0.1, 0.15) is 73.4 Å². The molecule has 498 valence electrons. The van der Waals surface area contributed by atoms with Gasteiger partial charge >= 0.3 is 21.6 Å². The van der Waals surface area contributed by atoms with E-state index in [0.717, 1.165) is 123 Å². The van der Waals surface area contributed by atoms with Crippen LogP contribution in [0.2, 0.25) is 0 Å². The monoisotopic (exact) mass is 1320 g/mol. The summed E-state index contributed by atoms with van der Waals surface area (Å²) in [4.78, 5) is 32.9. The van der Waals surface area contributed by atoms with Crippen LogP contribution in [-0.4, -0.2) is 152 Å². The summed E-state index contributed by atoms with van der Waals surface area (Å²) in [6.07, 6.45) is 15.0. The summed E-state index contributed by atoms with van der Waals surface area (Å²) < 4.78 is 120. The Morgan fingerprint density at radius 2 is 0.968 bits per heavy atom. The SMILES string of the molecule is CCc1cc(C2(CCN)COC2)ccc1N(C)c1cc2c(cn1)ncn2C.CCc1cc(C2(CCNS(=O)(=O)C(F)F)COC2)ccc1N(C)c1cc2c(cn1)ncn2C.CCc1cc(C2(COS(=O)(=O)C(F)F)CCNC2)ccc1N(C)c1cc2c(cn1)ncn2C. The second-order valence-electron chi connectivity index (χ2n) is 24.2.